The van der Waals surface area contributed by atoms with E-state index in [9.17, 15) is 9.59 Å². The Morgan fingerprint density at radius 2 is 1.74 bits per heavy atom. The lowest BCUT2D eigenvalue weighted by atomic mass is 9.98. The van der Waals surface area contributed by atoms with Crippen LogP contribution < -0.4 is 16.0 Å². The van der Waals surface area contributed by atoms with E-state index in [-0.39, 0.29) is 36.3 Å². The highest BCUT2D eigenvalue weighted by molar-refractivity contribution is 5.89. The Morgan fingerprint density at radius 3 is 2.30 bits per heavy atom. The van der Waals surface area contributed by atoms with Crippen molar-refractivity contribution in [2.24, 2.45) is 5.92 Å². The summed E-state index contributed by atoms with van der Waals surface area (Å²) >= 11 is 0. The minimum atomic E-state index is -0.181. The lowest BCUT2D eigenvalue weighted by molar-refractivity contribution is -0.138. The van der Waals surface area contributed by atoms with Crippen molar-refractivity contribution in [1.82, 2.24) is 15.5 Å². The molecule has 3 rings (SSSR count). The number of benzene rings is 1. The Bertz CT molecular complexity index is 528. The van der Waals surface area contributed by atoms with Crippen LogP contribution in [0.25, 0.3) is 0 Å². The molecule has 6 nitrogen and oxygen atoms in total. The van der Waals surface area contributed by atoms with Crippen molar-refractivity contribution in [3.63, 3.8) is 0 Å². The molecule has 0 bridgehead atoms. The van der Waals surface area contributed by atoms with Gasteiger partial charge >= 0.3 is 6.03 Å². The number of nitrogens with zero attached hydrogens (tertiary/aromatic N) is 1. The zero-order valence-corrected chi connectivity index (χ0v) is 13.8. The van der Waals surface area contributed by atoms with Gasteiger partial charge < -0.3 is 20.9 Å². The number of para-hydroxylation sites is 1. The molecule has 0 aromatic heterocycles. The average Bonchev–Trinajstić information content (AvgIpc) is 2.47. The summed E-state index contributed by atoms with van der Waals surface area (Å²) in [5.74, 6) is 0.414. The van der Waals surface area contributed by atoms with Crippen LogP contribution in [0, 0.1) is 5.92 Å². The molecule has 3 amide bonds. The molecular formula is C16H23ClN4O2. The molecule has 2 fully saturated rings. The van der Waals surface area contributed by atoms with E-state index in [1.165, 1.54) is 0 Å². The van der Waals surface area contributed by atoms with Crippen LogP contribution in [-0.4, -0.2) is 49.1 Å². The van der Waals surface area contributed by atoms with E-state index in [2.05, 4.69) is 16.0 Å². The van der Waals surface area contributed by atoms with Gasteiger partial charge in [-0.15, -0.1) is 12.4 Å². The predicted molar refractivity (Wildman–Crippen MR) is 91.8 cm³/mol. The molecule has 0 saturated carbocycles. The quantitative estimate of drug-likeness (QED) is 0.781. The van der Waals surface area contributed by atoms with Crippen molar-refractivity contribution in [2.45, 2.75) is 18.9 Å². The molecule has 0 atom stereocenters. The number of hydrogen-bond acceptors (Lipinski definition) is 3. The molecule has 2 aliphatic rings. The first kappa shape index (κ1) is 17.6. The molecule has 0 radical (unpaired) electrons. The second-order valence-electron chi connectivity index (χ2n) is 5.92. The highest BCUT2D eigenvalue weighted by Crippen LogP contribution is 2.15. The van der Waals surface area contributed by atoms with E-state index in [0.29, 0.717) is 0 Å². The summed E-state index contributed by atoms with van der Waals surface area (Å²) in [6, 6.07) is 9.34. The summed E-state index contributed by atoms with van der Waals surface area (Å²) in [6.45, 7) is 3.06. The summed E-state index contributed by atoms with van der Waals surface area (Å²) in [6.07, 6.45) is 1.63. The summed E-state index contributed by atoms with van der Waals surface area (Å²) in [7, 11) is 0. The molecule has 2 aliphatic heterocycles. The first-order chi connectivity index (χ1) is 10.7. The Labute approximate surface area is 142 Å². The van der Waals surface area contributed by atoms with E-state index in [1.54, 1.807) is 0 Å². The number of amides is 3. The molecule has 0 unspecified atom stereocenters. The number of carbonyl (C=O) groups excluding carboxylic acids is 2. The van der Waals surface area contributed by atoms with Gasteiger partial charge in [0.15, 0.2) is 0 Å². The van der Waals surface area contributed by atoms with Gasteiger partial charge in [-0.05, 0) is 25.0 Å². The number of carbonyl (C=O) groups is 2. The highest BCUT2D eigenvalue weighted by atomic mass is 35.5. The van der Waals surface area contributed by atoms with Crippen LogP contribution in [-0.2, 0) is 4.79 Å². The van der Waals surface area contributed by atoms with Crippen LogP contribution in [0.1, 0.15) is 12.8 Å². The standard InChI is InChI=1S/C16H22N4O2.ClH/c21-15(12-10-17-11-12)20-8-6-14(7-9-20)19-16(22)18-13-4-2-1-3-5-13;/h1-5,12,14,17H,6-11H2,(H2,18,19,22);1H. The van der Waals surface area contributed by atoms with Gasteiger partial charge in [-0.3, -0.25) is 4.79 Å². The number of hydrogen-bond donors (Lipinski definition) is 3. The van der Waals surface area contributed by atoms with Gasteiger partial charge in [0.05, 0.1) is 5.92 Å². The minimum Gasteiger partial charge on any atom is -0.342 e. The fourth-order valence-corrected chi connectivity index (χ4v) is 2.84. The lowest BCUT2D eigenvalue weighted by Gasteiger charge is -2.37. The maximum Gasteiger partial charge on any atom is 0.319 e. The van der Waals surface area contributed by atoms with Gasteiger partial charge in [0.2, 0.25) is 5.91 Å². The Morgan fingerprint density at radius 1 is 1.09 bits per heavy atom. The van der Waals surface area contributed by atoms with Gasteiger partial charge in [-0.25, -0.2) is 4.79 Å². The van der Waals surface area contributed by atoms with Crippen LogP contribution in [0.15, 0.2) is 30.3 Å². The Hall–Kier alpha value is -1.79. The van der Waals surface area contributed by atoms with Crippen molar-refractivity contribution in [3.8, 4) is 0 Å². The molecule has 1 aromatic carbocycles. The topological polar surface area (TPSA) is 73.5 Å². The molecule has 0 aliphatic carbocycles. The summed E-state index contributed by atoms with van der Waals surface area (Å²) in [5, 5.41) is 8.93. The number of nitrogens with one attached hydrogen (secondary N) is 3. The second kappa shape index (κ2) is 8.17. The van der Waals surface area contributed by atoms with Crippen LogP contribution in [0.5, 0.6) is 0 Å². The van der Waals surface area contributed by atoms with Gasteiger partial charge in [-0.2, -0.15) is 0 Å². The van der Waals surface area contributed by atoms with Gasteiger partial charge in [0.25, 0.3) is 0 Å². The molecular weight excluding hydrogens is 316 g/mol. The SMILES string of the molecule is Cl.O=C(Nc1ccccc1)NC1CCN(C(=O)C2CNC2)CC1. The van der Waals surface area contributed by atoms with Crippen LogP contribution in [0.2, 0.25) is 0 Å². The second-order valence-corrected chi connectivity index (χ2v) is 5.92. The largest absolute Gasteiger partial charge is 0.342 e. The molecule has 2 heterocycles. The smallest absolute Gasteiger partial charge is 0.319 e. The fraction of sp³-hybridized carbons (Fsp3) is 0.500. The van der Waals surface area contributed by atoms with Gasteiger partial charge in [0, 0.05) is 37.9 Å². The summed E-state index contributed by atoms with van der Waals surface area (Å²) in [4.78, 5) is 26.0. The molecule has 2 saturated heterocycles. The first-order valence-corrected chi connectivity index (χ1v) is 7.84. The van der Waals surface area contributed by atoms with Crippen LogP contribution >= 0.6 is 12.4 Å². The number of likely N-dealkylation sites (tertiary alicyclic amines) is 1. The van der Waals surface area contributed by atoms with Crippen molar-refractivity contribution < 1.29 is 9.59 Å². The number of urea groups is 1. The van der Waals surface area contributed by atoms with E-state index >= 15 is 0 Å². The lowest BCUT2D eigenvalue weighted by Crippen LogP contribution is -2.55. The number of anilines is 1. The summed E-state index contributed by atoms with van der Waals surface area (Å²) in [5.41, 5.74) is 0.782. The third-order valence-corrected chi connectivity index (χ3v) is 4.30. The fourth-order valence-electron chi connectivity index (χ4n) is 2.84. The number of piperidine rings is 1. The molecule has 126 valence electrons. The van der Waals surface area contributed by atoms with E-state index in [1.807, 2.05) is 35.2 Å². The zero-order chi connectivity index (χ0) is 15.4. The minimum absolute atomic E-state index is 0. The Kier molecular flexibility index (Phi) is 6.24. The van der Waals surface area contributed by atoms with Crippen molar-refractivity contribution >= 4 is 30.0 Å². The van der Waals surface area contributed by atoms with Crippen LogP contribution in [0.4, 0.5) is 10.5 Å². The zero-order valence-electron chi connectivity index (χ0n) is 13.0. The van der Waals surface area contributed by atoms with Crippen molar-refractivity contribution in [3.05, 3.63) is 30.3 Å². The van der Waals surface area contributed by atoms with E-state index in [0.717, 1.165) is 44.7 Å². The Balaban J connectivity index is 0.00000192. The summed E-state index contributed by atoms with van der Waals surface area (Å²) < 4.78 is 0. The maximum atomic E-state index is 12.1. The van der Waals surface area contributed by atoms with E-state index in [4.69, 9.17) is 0 Å². The van der Waals surface area contributed by atoms with Crippen molar-refractivity contribution in [1.29, 1.82) is 0 Å². The number of rotatable bonds is 3. The molecule has 23 heavy (non-hydrogen) atoms. The monoisotopic (exact) mass is 338 g/mol. The molecule has 3 N–H and O–H groups in total. The maximum absolute atomic E-state index is 12.1. The normalized spacial score (nSPS) is 18.5. The number of halogens is 1. The van der Waals surface area contributed by atoms with E-state index < -0.39 is 0 Å². The van der Waals surface area contributed by atoms with Gasteiger partial charge in [0.1, 0.15) is 0 Å². The average molecular weight is 339 g/mol. The van der Waals surface area contributed by atoms with Gasteiger partial charge in [-0.1, -0.05) is 18.2 Å². The first-order valence-electron chi connectivity index (χ1n) is 7.84. The highest BCUT2D eigenvalue weighted by Gasteiger charge is 2.31. The third kappa shape index (κ3) is 4.59. The van der Waals surface area contributed by atoms with Crippen molar-refractivity contribution in [2.75, 3.05) is 31.5 Å². The molecule has 7 heteroatoms. The van der Waals surface area contributed by atoms with Crippen LogP contribution in [0.3, 0.4) is 0 Å². The third-order valence-electron chi connectivity index (χ3n) is 4.30. The predicted octanol–water partition coefficient (Wildman–Crippen LogP) is 1.44. The molecule has 0 spiro atoms. The molecule has 1 aromatic rings.